The highest BCUT2D eigenvalue weighted by Gasteiger charge is 2.17. The molecule has 1 N–H and O–H groups in total. The van der Waals surface area contributed by atoms with Crippen LogP contribution in [0.2, 0.25) is 0 Å². The number of aliphatic hydroxyl groups excluding tert-OH is 1. The van der Waals surface area contributed by atoms with Gasteiger partial charge in [0.25, 0.3) is 0 Å². The maximum Gasteiger partial charge on any atom is 0.0853 e. The maximum absolute atomic E-state index is 8.94. The zero-order chi connectivity index (χ0) is 9.10. The number of aromatic nitrogens is 1. The maximum atomic E-state index is 8.94. The minimum Gasteiger partial charge on any atom is -0.390 e. The third-order valence-corrected chi connectivity index (χ3v) is 2.76. The molecule has 0 bridgehead atoms. The summed E-state index contributed by atoms with van der Waals surface area (Å²) in [7, 11) is 0. The molecule has 0 spiro atoms. The van der Waals surface area contributed by atoms with E-state index in [0.29, 0.717) is 5.92 Å². The summed E-state index contributed by atoms with van der Waals surface area (Å²) in [5.74, 6) is 0.645. The molecule has 0 aliphatic heterocycles. The topological polar surface area (TPSA) is 33.1 Å². The fraction of sp³-hybridized carbons (Fsp3) is 0.545. The van der Waals surface area contributed by atoms with Crippen LogP contribution in [0.15, 0.2) is 18.2 Å². The predicted molar refractivity (Wildman–Crippen MR) is 51.4 cm³/mol. The monoisotopic (exact) mass is 177 g/mol. The van der Waals surface area contributed by atoms with Gasteiger partial charge >= 0.3 is 0 Å². The highest BCUT2D eigenvalue weighted by atomic mass is 16.3. The first kappa shape index (κ1) is 8.70. The average Bonchev–Trinajstić information content (AvgIpc) is 2.71. The molecule has 1 saturated carbocycles. The van der Waals surface area contributed by atoms with E-state index in [-0.39, 0.29) is 6.61 Å². The largest absolute Gasteiger partial charge is 0.390 e. The van der Waals surface area contributed by atoms with Crippen LogP contribution in [0.1, 0.15) is 43.0 Å². The van der Waals surface area contributed by atoms with Gasteiger partial charge in [-0.2, -0.15) is 0 Å². The van der Waals surface area contributed by atoms with Gasteiger partial charge in [0.05, 0.1) is 12.3 Å². The first-order valence-electron chi connectivity index (χ1n) is 4.97. The molecule has 0 amide bonds. The van der Waals surface area contributed by atoms with Crippen LogP contribution in [0.25, 0.3) is 0 Å². The van der Waals surface area contributed by atoms with Crippen molar-refractivity contribution in [3.8, 4) is 0 Å². The molecule has 1 heterocycles. The Hall–Kier alpha value is -0.890. The van der Waals surface area contributed by atoms with Gasteiger partial charge in [-0.05, 0) is 25.0 Å². The van der Waals surface area contributed by atoms with Gasteiger partial charge in [-0.15, -0.1) is 0 Å². The van der Waals surface area contributed by atoms with E-state index in [0.717, 1.165) is 5.69 Å². The fourth-order valence-corrected chi connectivity index (χ4v) is 2.04. The second-order valence-corrected chi connectivity index (χ2v) is 3.69. The van der Waals surface area contributed by atoms with Crippen LogP contribution in [0.3, 0.4) is 0 Å². The Morgan fingerprint density at radius 2 is 2.08 bits per heavy atom. The second kappa shape index (κ2) is 3.88. The van der Waals surface area contributed by atoms with Crippen LogP contribution in [0.4, 0.5) is 0 Å². The third-order valence-electron chi connectivity index (χ3n) is 2.76. The van der Waals surface area contributed by atoms with Crippen molar-refractivity contribution in [2.24, 2.45) is 0 Å². The smallest absolute Gasteiger partial charge is 0.0853 e. The van der Waals surface area contributed by atoms with Gasteiger partial charge in [-0.3, -0.25) is 4.98 Å². The normalized spacial score (nSPS) is 17.9. The number of nitrogens with zero attached hydrogens (tertiary/aromatic N) is 1. The Morgan fingerprint density at radius 1 is 1.31 bits per heavy atom. The van der Waals surface area contributed by atoms with Crippen molar-refractivity contribution in [1.82, 2.24) is 4.98 Å². The summed E-state index contributed by atoms with van der Waals surface area (Å²) in [6.45, 7) is 0.0561. The molecule has 0 radical (unpaired) electrons. The van der Waals surface area contributed by atoms with E-state index in [1.807, 2.05) is 12.1 Å². The van der Waals surface area contributed by atoms with Crippen LogP contribution < -0.4 is 0 Å². The van der Waals surface area contributed by atoms with E-state index in [1.165, 1.54) is 31.4 Å². The predicted octanol–water partition coefficient (Wildman–Crippen LogP) is 2.23. The summed E-state index contributed by atoms with van der Waals surface area (Å²) in [4.78, 5) is 4.42. The second-order valence-electron chi connectivity index (χ2n) is 3.69. The van der Waals surface area contributed by atoms with Crippen molar-refractivity contribution in [3.63, 3.8) is 0 Å². The van der Waals surface area contributed by atoms with Crippen LogP contribution in [-0.4, -0.2) is 10.1 Å². The van der Waals surface area contributed by atoms with Crippen molar-refractivity contribution in [2.75, 3.05) is 0 Å². The molecule has 2 nitrogen and oxygen atoms in total. The van der Waals surface area contributed by atoms with Crippen molar-refractivity contribution >= 4 is 0 Å². The zero-order valence-corrected chi connectivity index (χ0v) is 7.74. The van der Waals surface area contributed by atoms with Crippen molar-refractivity contribution in [3.05, 3.63) is 29.6 Å². The van der Waals surface area contributed by atoms with Gasteiger partial charge in [0, 0.05) is 11.6 Å². The van der Waals surface area contributed by atoms with Gasteiger partial charge in [0.1, 0.15) is 0 Å². The first-order chi connectivity index (χ1) is 6.40. The fourth-order valence-electron chi connectivity index (χ4n) is 2.04. The highest BCUT2D eigenvalue weighted by molar-refractivity contribution is 5.15. The molecule has 1 aromatic heterocycles. The Morgan fingerprint density at radius 3 is 2.77 bits per heavy atom. The van der Waals surface area contributed by atoms with E-state index in [4.69, 9.17) is 5.11 Å². The SMILES string of the molecule is OCc1cccc(C2CCCC2)n1. The van der Waals surface area contributed by atoms with E-state index < -0.39 is 0 Å². The molecule has 1 fully saturated rings. The van der Waals surface area contributed by atoms with Gasteiger partial charge in [0.2, 0.25) is 0 Å². The highest BCUT2D eigenvalue weighted by Crippen LogP contribution is 2.32. The summed E-state index contributed by atoms with van der Waals surface area (Å²) in [6, 6.07) is 5.94. The first-order valence-corrected chi connectivity index (χ1v) is 4.97. The quantitative estimate of drug-likeness (QED) is 0.751. The lowest BCUT2D eigenvalue weighted by Gasteiger charge is -2.08. The summed E-state index contributed by atoms with van der Waals surface area (Å²) in [5, 5.41) is 8.94. The molecule has 1 aliphatic carbocycles. The minimum atomic E-state index is 0.0561. The zero-order valence-electron chi connectivity index (χ0n) is 7.74. The van der Waals surface area contributed by atoms with Crippen LogP contribution in [-0.2, 0) is 6.61 Å². The standard InChI is InChI=1S/C11H15NO/c13-8-10-6-3-7-11(12-10)9-4-1-2-5-9/h3,6-7,9,13H,1-2,4-5,8H2. The van der Waals surface area contributed by atoms with Crippen LogP contribution in [0, 0.1) is 0 Å². The van der Waals surface area contributed by atoms with Crippen molar-refractivity contribution in [1.29, 1.82) is 0 Å². The summed E-state index contributed by atoms with van der Waals surface area (Å²) in [5.41, 5.74) is 1.97. The van der Waals surface area contributed by atoms with Crippen molar-refractivity contribution < 1.29 is 5.11 Å². The van der Waals surface area contributed by atoms with E-state index in [2.05, 4.69) is 11.1 Å². The molecule has 13 heavy (non-hydrogen) atoms. The van der Waals surface area contributed by atoms with Gasteiger partial charge < -0.3 is 5.11 Å². The summed E-state index contributed by atoms with van der Waals surface area (Å²) in [6.07, 6.45) is 5.19. The number of hydrogen-bond acceptors (Lipinski definition) is 2. The molecular formula is C11H15NO. The number of hydrogen-bond donors (Lipinski definition) is 1. The van der Waals surface area contributed by atoms with E-state index in [1.54, 1.807) is 0 Å². The van der Waals surface area contributed by atoms with Crippen molar-refractivity contribution in [2.45, 2.75) is 38.2 Å². The average molecular weight is 177 g/mol. The van der Waals surface area contributed by atoms with Gasteiger partial charge in [0.15, 0.2) is 0 Å². The summed E-state index contributed by atoms with van der Waals surface area (Å²) < 4.78 is 0. The van der Waals surface area contributed by atoms with E-state index >= 15 is 0 Å². The van der Waals surface area contributed by atoms with Crippen LogP contribution >= 0.6 is 0 Å². The van der Waals surface area contributed by atoms with Crippen LogP contribution in [0.5, 0.6) is 0 Å². The molecule has 1 aromatic rings. The Bertz CT molecular complexity index is 279. The Balaban J connectivity index is 2.18. The lowest BCUT2D eigenvalue weighted by Crippen LogP contribution is -1.99. The molecule has 2 heteroatoms. The Kier molecular flexibility index (Phi) is 2.60. The number of pyridine rings is 1. The molecule has 0 aromatic carbocycles. The van der Waals surface area contributed by atoms with Gasteiger partial charge in [-0.25, -0.2) is 0 Å². The Labute approximate surface area is 78.6 Å². The minimum absolute atomic E-state index is 0.0561. The molecule has 0 saturated heterocycles. The summed E-state index contributed by atoms with van der Waals surface area (Å²) >= 11 is 0. The lowest BCUT2D eigenvalue weighted by molar-refractivity contribution is 0.276. The van der Waals surface area contributed by atoms with E-state index in [9.17, 15) is 0 Å². The number of aliphatic hydroxyl groups is 1. The molecule has 2 rings (SSSR count). The lowest BCUT2D eigenvalue weighted by atomic mass is 10.0. The molecule has 70 valence electrons. The number of rotatable bonds is 2. The molecule has 0 atom stereocenters. The van der Waals surface area contributed by atoms with Gasteiger partial charge in [-0.1, -0.05) is 18.9 Å². The molecule has 0 unspecified atom stereocenters. The molecule has 1 aliphatic rings. The molecular weight excluding hydrogens is 162 g/mol. The third kappa shape index (κ3) is 1.89.